The smallest absolute Gasteiger partial charge is 0.280 e. The lowest BCUT2D eigenvalue weighted by Gasteiger charge is -2.07. The topological polar surface area (TPSA) is 64.8 Å². The molecule has 0 aliphatic rings. The summed E-state index contributed by atoms with van der Waals surface area (Å²) in [5, 5.41) is 7.77. The van der Waals surface area contributed by atoms with Gasteiger partial charge in [-0.05, 0) is 56.3 Å². The van der Waals surface area contributed by atoms with E-state index in [2.05, 4.69) is 10.2 Å². The Morgan fingerprint density at radius 1 is 0.963 bits per heavy atom. The Morgan fingerprint density at radius 3 is 2.33 bits per heavy atom. The van der Waals surface area contributed by atoms with Gasteiger partial charge >= 0.3 is 0 Å². The SMILES string of the molecule is COc1ccc(-n2nc(C)cc2-c2c(C)[nH]n(-c3ccccc3)c2=O)cc1. The zero-order chi connectivity index (χ0) is 19.0. The molecule has 0 amide bonds. The molecule has 0 saturated carbocycles. The summed E-state index contributed by atoms with van der Waals surface area (Å²) >= 11 is 0. The van der Waals surface area contributed by atoms with Gasteiger partial charge in [0.2, 0.25) is 0 Å². The summed E-state index contributed by atoms with van der Waals surface area (Å²) in [6.45, 7) is 3.82. The Bertz CT molecular complexity index is 1140. The summed E-state index contributed by atoms with van der Waals surface area (Å²) in [7, 11) is 1.63. The Morgan fingerprint density at radius 2 is 1.67 bits per heavy atom. The summed E-state index contributed by atoms with van der Waals surface area (Å²) in [4.78, 5) is 13.2. The second-order valence-electron chi connectivity index (χ2n) is 6.37. The van der Waals surface area contributed by atoms with E-state index in [1.165, 1.54) is 0 Å². The van der Waals surface area contributed by atoms with Crippen molar-refractivity contribution < 1.29 is 4.74 Å². The van der Waals surface area contributed by atoms with Crippen molar-refractivity contribution in [1.29, 1.82) is 0 Å². The molecule has 0 spiro atoms. The molecule has 6 heteroatoms. The van der Waals surface area contributed by atoms with Crippen LogP contribution in [0.15, 0.2) is 65.5 Å². The average molecular weight is 360 g/mol. The van der Waals surface area contributed by atoms with Crippen LogP contribution >= 0.6 is 0 Å². The summed E-state index contributed by atoms with van der Waals surface area (Å²) in [6.07, 6.45) is 0. The van der Waals surface area contributed by atoms with Crippen LogP contribution in [0.4, 0.5) is 0 Å². The Kier molecular flexibility index (Phi) is 4.16. The van der Waals surface area contributed by atoms with Gasteiger partial charge in [0.15, 0.2) is 0 Å². The number of H-pyrrole nitrogens is 1. The molecule has 2 aromatic carbocycles. The monoisotopic (exact) mass is 360 g/mol. The second-order valence-corrected chi connectivity index (χ2v) is 6.37. The molecule has 0 fully saturated rings. The lowest BCUT2D eigenvalue weighted by molar-refractivity contribution is 0.414. The number of nitrogens with zero attached hydrogens (tertiary/aromatic N) is 3. The van der Waals surface area contributed by atoms with Gasteiger partial charge in [0.05, 0.1) is 35.4 Å². The van der Waals surface area contributed by atoms with Crippen LogP contribution in [0.3, 0.4) is 0 Å². The van der Waals surface area contributed by atoms with E-state index in [1.54, 1.807) is 16.5 Å². The third-order valence-electron chi connectivity index (χ3n) is 4.49. The summed E-state index contributed by atoms with van der Waals surface area (Å²) in [6, 6.07) is 19.1. The molecule has 2 heterocycles. The molecular weight excluding hydrogens is 340 g/mol. The van der Waals surface area contributed by atoms with Gasteiger partial charge in [-0.2, -0.15) is 5.10 Å². The highest BCUT2D eigenvalue weighted by Crippen LogP contribution is 2.25. The van der Waals surface area contributed by atoms with E-state index in [-0.39, 0.29) is 5.56 Å². The van der Waals surface area contributed by atoms with Crippen molar-refractivity contribution in [3.63, 3.8) is 0 Å². The number of methoxy groups -OCH3 is 1. The average Bonchev–Trinajstić information content (AvgIpc) is 3.21. The van der Waals surface area contributed by atoms with Crippen LogP contribution in [0.1, 0.15) is 11.4 Å². The lowest BCUT2D eigenvalue weighted by Crippen LogP contribution is -2.16. The Labute approximate surface area is 156 Å². The van der Waals surface area contributed by atoms with Crippen molar-refractivity contribution in [2.24, 2.45) is 0 Å². The van der Waals surface area contributed by atoms with E-state index in [1.807, 2.05) is 74.5 Å². The maximum atomic E-state index is 13.2. The largest absolute Gasteiger partial charge is 0.497 e. The molecule has 6 nitrogen and oxygen atoms in total. The summed E-state index contributed by atoms with van der Waals surface area (Å²) < 4.78 is 8.58. The second kappa shape index (κ2) is 6.64. The van der Waals surface area contributed by atoms with Crippen LogP contribution in [0, 0.1) is 13.8 Å². The van der Waals surface area contributed by atoms with Crippen molar-refractivity contribution in [3.8, 4) is 28.4 Å². The predicted octanol–water partition coefficient (Wildman–Crippen LogP) is 3.64. The lowest BCUT2D eigenvalue weighted by atomic mass is 10.1. The van der Waals surface area contributed by atoms with Crippen molar-refractivity contribution in [1.82, 2.24) is 19.6 Å². The number of nitrogens with one attached hydrogen (secondary N) is 1. The van der Waals surface area contributed by atoms with Gasteiger partial charge in [0.1, 0.15) is 5.75 Å². The zero-order valence-corrected chi connectivity index (χ0v) is 15.4. The minimum Gasteiger partial charge on any atom is -0.497 e. The summed E-state index contributed by atoms with van der Waals surface area (Å²) in [5.74, 6) is 0.772. The van der Waals surface area contributed by atoms with Crippen LogP contribution in [0.5, 0.6) is 5.75 Å². The fourth-order valence-electron chi connectivity index (χ4n) is 3.20. The van der Waals surface area contributed by atoms with Gasteiger partial charge in [0, 0.05) is 5.69 Å². The molecule has 1 N–H and O–H groups in total. The molecule has 0 bridgehead atoms. The van der Waals surface area contributed by atoms with Crippen LogP contribution in [0.2, 0.25) is 0 Å². The van der Waals surface area contributed by atoms with Gasteiger partial charge in [-0.3, -0.25) is 9.89 Å². The number of para-hydroxylation sites is 1. The molecule has 0 saturated heterocycles. The predicted molar refractivity (Wildman–Crippen MR) is 105 cm³/mol. The van der Waals surface area contributed by atoms with Gasteiger partial charge in [0.25, 0.3) is 5.56 Å². The first-order chi connectivity index (χ1) is 13.1. The number of aryl methyl sites for hydroxylation is 2. The number of ether oxygens (including phenoxy) is 1. The zero-order valence-electron chi connectivity index (χ0n) is 15.4. The van der Waals surface area contributed by atoms with Crippen LogP contribution < -0.4 is 10.3 Å². The van der Waals surface area contributed by atoms with Crippen molar-refractivity contribution in [2.75, 3.05) is 7.11 Å². The Balaban J connectivity index is 1.88. The van der Waals surface area contributed by atoms with Gasteiger partial charge in [-0.15, -0.1) is 0 Å². The summed E-state index contributed by atoms with van der Waals surface area (Å²) in [5.41, 5.74) is 4.55. The number of hydrogen-bond donors (Lipinski definition) is 1. The quantitative estimate of drug-likeness (QED) is 0.604. The molecule has 0 aliphatic heterocycles. The van der Waals surface area contributed by atoms with Crippen LogP contribution in [0.25, 0.3) is 22.6 Å². The number of aromatic nitrogens is 4. The molecular formula is C21H20N4O2. The van der Waals surface area contributed by atoms with E-state index in [4.69, 9.17) is 4.74 Å². The normalized spacial score (nSPS) is 10.9. The van der Waals surface area contributed by atoms with E-state index in [0.29, 0.717) is 5.56 Å². The minimum atomic E-state index is -0.103. The molecule has 2 aromatic heterocycles. The van der Waals surface area contributed by atoms with Gasteiger partial charge in [-0.1, -0.05) is 18.2 Å². The first-order valence-corrected chi connectivity index (χ1v) is 8.67. The van der Waals surface area contributed by atoms with E-state index < -0.39 is 0 Å². The highest BCUT2D eigenvalue weighted by Gasteiger charge is 2.19. The maximum Gasteiger partial charge on any atom is 0.280 e. The highest BCUT2D eigenvalue weighted by atomic mass is 16.5. The van der Waals surface area contributed by atoms with Crippen LogP contribution in [-0.4, -0.2) is 26.7 Å². The molecule has 0 radical (unpaired) electrons. The standard InChI is InChI=1S/C21H20N4O2/c1-14-13-19(24(22-14)17-9-11-18(27-3)12-10-17)20-15(2)23-25(21(20)26)16-7-5-4-6-8-16/h4-13,23H,1-3H3. The molecule has 0 aliphatic carbocycles. The number of aromatic amines is 1. The molecule has 0 unspecified atom stereocenters. The maximum absolute atomic E-state index is 13.2. The van der Waals surface area contributed by atoms with Gasteiger partial charge in [-0.25, -0.2) is 9.36 Å². The first kappa shape index (κ1) is 16.9. The van der Waals surface area contributed by atoms with Crippen molar-refractivity contribution in [3.05, 3.63) is 82.4 Å². The van der Waals surface area contributed by atoms with E-state index >= 15 is 0 Å². The highest BCUT2D eigenvalue weighted by molar-refractivity contribution is 5.65. The third kappa shape index (κ3) is 2.95. The van der Waals surface area contributed by atoms with Crippen LogP contribution in [-0.2, 0) is 0 Å². The minimum absolute atomic E-state index is 0.103. The van der Waals surface area contributed by atoms with Crippen molar-refractivity contribution in [2.45, 2.75) is 13.8 Å². The fraction of sp³-hybridized carbons (Fsp3) is 0.143. The molecule has 4 rings (SSSR count). The van der Waals surface area contributed by atoms with Crippen molar-refractivity contribution >= 4 is 0 Å². The molecule has 27 heavy (non-hydrogen) atoms. The third-order valence-corrected chi connectivity index (χ3v) is 4.49. The van der Waals surface area contributed by atoms with Gasteiger partial charge < -0.3 is 4.74 Å². The Hall–Kier alpha value is -3.54. The number of benzene rings is 2. The first-order valence-electron chi connectivity index (χ1n) is 8.67. The molecule has 136 valence electrons. The number of hydrogen-bond acceptors (Lipinski definition) is 3. The molecule has 0 atom stereocenters. The number of rotatable bonds is 4. The fourth-order valence-corrected chi connectivity index (χ4v) is 3.20. The molecule has 4 aromatic rings. The van der Waals surface area contributed by atoms with E-state index in [9.17, 15) is 4.79 Å². The van der Waals surface area contributed by atoms with E-state index in [0.717, 1.165) is 34.2 Å².